The number of aromatic nitrogens is 2. The van der Waals surface area contributed by atoms with Crippen molar-refractivity contribution in [3.63, 3.8) is 0 Å². The Morgan fingerprint density at radius 2 is 1.80 bits per heavy atom. The number of hydrogen-bond donors (Lipinski definition) is 3. The quantitative estimate of drug-likeness (QED) is 0.222. The molecular formula is C31H31F3N4O3. The fourth-order valence-electron chi connectivity index (χ4n) is 5.61. The van der Waals surface area contributed by atoms with Crippen molar-refractivity contribution in [2.24, 2.45) is 0 Å². The minimum absolute atomic E-state index is 0.184. The number of aromatic amines is 1. The highest BCUT2D eigenvalue weighted by Gasteiger charge is 2.56. The molecule has 1 aliphatic heterocycles. The predicted octanol–water partition coefficient (Wildman–Crippen LogP) is 6.53. The van der Waals surface area contributed by atoms with E-state index in [1.807, 2.05) is 6.07 Å². The third-order valence-corrected chi connectivity index (χ3v) is 7.69. The zero-order chi connectivity index (χ0) is 29.4. The highest BCUT2D eigenvalue weighted by atomic mass is 19.4. The van der Waals surface area contributed by atoms with Gasteiger partial charge in [-0.25, -0.2) is 9.83 Å². The van der Waals surface area contributed by atoms with Crippen LogP contribution < -0.4 is 4.90 Å². The number of morpholine rings is 1. The number of halogens is 3. The predicted molar refractivity (Wildman–Crippen MR) is 151 cm³/mol. The van der Waals surface area contributed by atoms with E-state index >= 15 is 0 Å². The van der Waals surface area contributed by atoms with Gasteiger partial charge in [0.15, 0.2) is 11.3 Å². The maximum Gasteiger partial charge on any atom is 0.417 e. The number of alkyl halides is 3. The third-order valence-electron chi connectivity index (χ3n) is 7.69. The number of anilines is 1. The molecule has 1 aliphatic rings. The van der Waals surface area contributed by atoms with Crippen LogP contribution in [-0.4, -0.2) is 58.3 Å². The molecule has 10 heteroatoms. The van der Waals surface area contributed by atoms with Gasteiger partial charge >= 0.3 is 6.18 Å². The fraction of sp³-hybridized carbons (Fsp3) is 0.355. The number of rotatable bonds is 7. The maximum absolute atomic E-state index is 14.6. The number of benzene rings is 2. The number of pyridine rings is 1. The first kappa shape index (κ1) is 28.5. The van der Waals surface area contributed by atoms with E-state index in [-0.39, 0.29) is 17.0 Å². The lowest BCUT2D eigenvalue weighted by molar-refractivity contribution is -0.266. The zero-order valence-electron chi connectivity index (χ0n) is 22.8. The lowest BCUT2D eigenvalue weighted by Gasteiger charge is -2.38. The summed E-state index contributed by atoms with van der Waals surface area (Å²) in [5.41, 5.74) is -1.78. The molecule has 2 aromatic heterocycles. The lowest BCUT2D eigenvalue weighted by Crippen LogP contribution is -2.50. The average molecular weight is 565 g/mol. The van der Waals surface area contributed by atoms with Crippen LogP contribution in [0.15, 0.2) is 60.8 Å². The Labute approximate surface area is 236 Å². The van der Waals surface area contributed by atoms with E-state index in [0.29, 0.717) is 59.8 Å². The van der Waals surface area contributed by atoms with Crippen molar-refractivity contribution in [2.45, 2.75) is 43.9 Å². The van der Waals surface area contributed by atoms with Crippen molar-refractivity contribution >= 4 is 22.4 Å². The maximum atomic E-state index is 14.6. The molecule has 5 rings (SSSR count). The number of nitrogens with zero attached hydrogens (tertiary/aromatic N) is 3. The summed E-state index contributed by atoms with van der Waals surface area (Å²) in [5, 5.41) is 22.6. The van der Waals surface area contributed by atoms with E-state index in [4.69, 9.17) is 11.3 Å². The van der Waals surface area contributed by atoms with Gasteiger partial charge in [0.25, 0.3) is 0 Å². The van der Waals surface area contributed by atoms with Gasteiger partial charge in [0.05, 0.1) is 31.5 Å². The number of hydrogen-bond acceptors (Lipinski definition) is 5. The molecule has 4 aromatic rings. The van der Waals surface area contributed by atoms with Crippen molar-refractivity contribution in [3.05, 3.63) is 83.5 Å². The number of aliphatic hydroxyl groups is 1. The van der Waals surface area contributed by atoms with Gasteiger partial charge in [0.1, 0.15) is 11.6 Å². The van der Waals surface area contributed by atoms with Gasteiger partial charge in [-0.2, -0.15) is 13.2 Å². The van der Waals surface area contributed by atoms with E-state index < -0.39 is 30.0 Å². The molecule has 1 fully saturated rings. The van der Waals surface area contributed by atoms with Crippen LogP contribution in [0.3, 0.4) is 0 Å². The second-order valence-electron chi connectivity index (χ2n) is 11.2. The van der Waals surface area contributed by atoms with Crippen LogP contribution in [0, 0.1) is 6.57 Å². The number of phenols is 1. The molecule has 1 unspecified atom stereocenters. The molecule has 2 aromatic carbocycles. The van der Waals surface area contributed by atoms with Crippen LogP contribution >= 0.6 is 0 Å². The Balaban J connectivity index is 1.46. The Kier molecular flexibility index (Phi) is 7.45. The molecule has 214 valence electrons. The summed E-state index contributed by atoms with van der Waals surface area (Å²) in [6.45, 7) is 13.1. The molecule has 0 aliphatic carbocycles. The van der Waals surface area contributed by atoms with E-state index in [1.54, 1.807) is 62.5 Å². The van der Waals surface area contributed by atoms with Crippen molar-refractivity contribution < 1.29 is 28.1 Å². The number of para-hydroxylation sites is 1. The molecule has 1 atom stereocenters. The van der Waals surface area contributed by atoms with Gasteiger partial charge < -0.3 is 24.8 Å². The summed E-state index contributed by atoms with van der Waals surface area (Å²) >= 11 is 0. The van der Waals surface area contributed by atoms with E-state index in [0.717, 1.165) is 0 Å². The minimum Gasteiger partial charge on any atom is -0.508 e. The van der Waals surface area contributed by atoms with Gasteiger partial charge in [0.2, 0.25) is 0 Å². The Hall–Kier alpha value is -4.07. The standard InChI is InChI=1S/C31H31F3N4O3/c1-29(2,24-15-20(8-9-27(24)39)23-6-4-5-7-25(23)35-3)19-30(40,31(32,33)34)17-22-14-21-16-28(36-18-26(21)37-22)38-10-12-41-13-11-38/h4-9,14-16,18,37,39-40H,10-13,17,19H2,1-2H3. The van der Waals surface area contributed by atoms with E-state index in [9.17, 15) is 23.4 Å². The highest BCUT2D eigenvalue weighted by Crippen LogP contribution is 2.46. The summed E-state index contributed by atoms with van der Waals surface area (Å²) in [6, 6.07) is 15.0. The molecule has 0 saturated carbocycles. The molecular weight excluding hydrogens is 533 g/mol. The topological polar surface area (TPSA) is 86.0 Å². The first-order valence-corrected chi connectivity index (χ1v) is 13.3. The Morgan fingerprint density at radius 3 is 2.51 bits per heavy atom. The summed E-state index contributed by atoms with van der Waals surface area (Å²) in [4.78, 5) is 13.0. The molecule has 41 heavy (non-hydrogen) atoms. The van der Waals surface area contributed by atoms with Gasteiger partial charge in [-0.3, -0.25) is 0 Å². The molecule has 0 spiro atoms. The van der Waals surface area contributed by atoms with Crippen LogP contribution in [0.4, 0.5) is 24.7 Å². The Bertz CT molecular complexity index is 1600. The number of H-pyrrole nitrogens is 1. The van der Waals surface area contributed by atoms with Crippen LogP contribution in [0.2, 0.25) is 0 Å². The van der Waals surface area contributed by atoms with Crippen molar-refractivity contribution in [1.82, 2.24) is 9.97 Å². The number of fused-ring (bicyclic) bond motifs is 1. The molecule has 0 bridgehead atoms. The fourth-order valence-corrected chi connectivity index (χ4v) is 5.61. The highest BCUT2D eigenvalue weighted by molar-refractivity contribution is 5.82. The van der Waals surface area contributed by atoms with Gasteiger partial charge in [0, 0.05) is 36.2 Å². The Morgan fingerprint density at radius 1 is 1.07 bits per heavy atom. The van der Waals surface area contributed by atoms with Gasteiger partial charge in [-0.15, -0.1) is 0 Å². The summed E-state index contributed by atoms with van der Waals surface area (Å²) < 4.78 is 49.0. The van der Waals surface area contributed by atoms with Crippen LogP contribution in [-0.2, 0) is 16.6 Å². The smallest absolute Gasteiger partial charge is 0.417 e. The average Bonchev–Trinajstić information content (AvgIpc) is 3.34. The molecule has 3 N–H and O–H groups in total. The summed E-state index contributed by atoms with van der Waals surface area (Å²) in [7, 11) is 0. The molecule has 0 amide bonds. The number of phenolic OH excluding ortho intramolecular Hbond substituents is 1. The second-order valence-corrected chi connectivity index (χ2v) is 11.2. The zero-order valence-corrected chi connectivity index (χ0v) is 22.8. The summed E-state index contributed by atoms with van der Waals surface area (Å²) in [5.74, 6) is 0.532. The van der Waals surface area contributed by atoms with Gasteiger partial charge in [-0.05, 0) is 47.2 Å². The number of aromatic hydroxyl groups is 1. The van der Waals surface area contributed by atoms with E-state index in [1.165, 1.54) is 6.07 Å². The molecule has 1 saturated heterocycles. The number of ether oxygens (including phenoxy) is 1. The minimum atomic E-state index is -4.96. The van der Waals surface area contributed by atoms with Crippen LogP contribution in [0.5, 0.6) is 5.75 Å². The molecule has 0 radical (unpaired) electrons. The van der Waals surface area contributed by atoms with Crippen LogP contribution in [0.1, 0.15) is 31.5 Å². The van der Waals surface area contributed by atoms with Gasteiger partial charge in [-0.1, -0.05) is 44.2 Å². The monoisotopic (exact) mass is 564 g/mol. The van der Waals surface area contributed by atoms with E-state index in [2.05, 4.69) is 19.7 Å². The van der Waals surface area contributed by atoms with Crippen molar-refractivity contribution in [1.29, 1.82) is 0 Å². The second kappa shape index (κ2) is 10.7. The normalized spacial score (nSPS) is 16.0. The third kappa shape index (κ3) is 5.73. The SMILES string of the molecule is [C-]#[N+]c1ccccc1-c1ccc(O)c(C(C)(C)CC(O)(Cc2cc3cc(N4CCOCC4)ncc3[nH]2)C(F)(F)F)c1. The first-order chi connectivity index (χ1) is 19.4. The largest absolute Gasteiger partial charge is 0.508 e. The van der Waals surface area contributed by atoms with Crippen molar-refractivity contribution in [2.75, 3.05) is 31.2 Å². The first-order valence-electron chi connectivity index (χ1n) is 13.3. The van der Waals surface area contributed by atoms with Crippen molar-refractivity contribution in [3.8, 4) is 16.9 Å². The molecule has 3 heterocycles. The summed E-state index contributed by atoms with van der Waals surface area (Å²) in [6.07, 6.45) is -4.78. The number of nitrogens with one attached hydrogen (secondary N) is 1. The lowest BCUT2D eigenvalue weighted by atomic mass is 9.72. The van der Waals surface area contributed by atoms with Crippen LogP contribution in [0.25, 0.3) is 26.9 Å². The molecule has 7 nitrogen and oxygen atoms in total.